The molecule has 2 aromatic carbocycles. The molecule has 1 aromatic heterocycles. The Labute approximate surface area is 176 Å². The maximum atomic E-state index is 12.7. The topological polar surface area (TPSA) is 101 Å². The Bertz CT molecular complexity index is 1150. The Balaban J connectivity index is 1.79. The fourth-order valence-electron chi connectivity index (χ4n) is 2.94. The highest BCUT2D eigenvalue weighted by molar-refractivity contribution is 7.89. The van der Waals surface area contributed by atoms with E-state index >= 15 is 0 Å². The van der Waals surface area contributed by atoms with Crippen LogP contribution in [0.1, 0.15) is 42.6 Å². The Morgan fingerprint density at radius 2 is 1.67 bits per heavy atom. The lowest BCUT2D eigenvalue weighted by molar-refractivity contribution is 0.0944. The standard InChI is InChI=1S/C22H25N3O4S/c1-15-19(24-21(29-15)16-10-6-5-7-11-16)20(26)23-14-17-12-8-9-13-18(17)30(27,28)25-22(2,3)4/h5-13,25H,14H2,1-4H3,(H,23,26). The van der Waals surface area contributed by atoms with Gasteiger partial charge in [0.1, 0.15) is 5.76 Å². The number of benzene rings is 2. The molecule has 8 heteroatoms. The van der Waals surface area contributed by atoms with Gasteiger partial charge in [-0.15, -0.1) is 0 Å². The number of aromatic nitrogens is 1. The van der Waals surface area contributed by atoms with Gasteiger partial charge in [-0.2, -0.15) is 0 Å². The fraction of sp³-hybridized carbons (Fsp3) is 0.273. The predicted molar refractivity (Wildman–Crippen MR) is 114 cm³/mol. The van der Waals surface area contributed by atoms with E-state index in [1.807, 2.05) is 30.3 Å². The van der Waals surface area contributed by atoms with E-state index in [1.54, 1.807) is 45.9 Å². The van der Waals surface area contributed by atoms with Crippen LogP contribution in [0.5, 0.6) is 0 Å². The van der Waals surface area contributed by atoms with Crippen molar-refractivity contribution in [3.8, 4) is 11.5 Å². The maximum absolute atomic E-state index is 12.7. The first kappa shape index (κ1) is 21.7. The number of carbonyl (C=O) groups excluding carboxylic acids is 1. The average Bonchev–Trinajstić information content (AvgIpc) is 3.07. The first-order valence-electron chi connectivity index (χ1n) is 9.50. The molecule has 0 bridgehead atoms. The van der Waals surface area contributed by atoms with Crippen LogP contribution in [0.2, 0.25) is 0 Å². The smallest absolute Gasteiger partial charge is 0.273 e. The SMILES string of the molecule is Cc1oc(-c2ccccc2)nc1C(=O)NCc1ccccc1S(=O)(=O)NC(C)(C)C. The van der Waals surface area contributed by atoms with E-state index < -0.39 is 21.5 Å². The Morgan fingerprint density at radius 1 is 1.03 bits per heavy atom. The molecule has 0 aliphatic heterocycles. The van der Waals surface area contributed by atoms with Crippen molar-refractivity contribution in [3.63, 3.8) is 0 Å². The number of nitrogens with zero attached hydrogens (tertiary/aromatic N) is 1. The second-order valence-electron chi connectivity index (χ2n) is 7.94. The molecule has 0 aliphatic rings. The largest absolute Gasteiger partial charge is 0.441 e. The summed E-state index contributed by atoms with van der Waals surface area (Å²) >= 11 is 0. The van der Waals surface area contributed by atoms with Crippen molar-refractivity contribution in [1.82, 2.24) is 15.0 Å². The zero-order valence-electron chi connectivity index (χ0n) is 17.4. The van der Waals surface area contributed by atoms with E-state index in [-0.39, 0.29) is 17.1 Å². The number of aryl methyl sites for hydroxylation is 1. The van der Waals surface area contributed by atoms with Gasteiger partial charge in [0.05, 0.1) is 4.90 Å². The molecule has 0 spiro atoms. The van der Waals surface area contributed by atoms with Crippen molar-refractivity contribution in [2.45, 2.75) is 44.7 Å². The number of oxazole rings is 1. The third-order valence-electron chi connectivity index (χ3n) is 4.17. The molecule has 1 amide bonds. The summed E-state index contributed by atoms with van der Waals surface area (Å²) in [5.41, 5.74) is 0.791. The van der Waals surface area contributed by atoms with E-state index in [2.05, 4.69) is 15.0 Å². The second-order valence-corrected chi connectivity index (χ2v) is 9.59. The van der Waals surface area contributed by atoms with Crippen LogP contribution in [0.4, 0.5) is 0 Å². The molecule has 7 nitrogen and oxygen atoms in total. The van der Waals surface area contributed by atoms with Crippen molar-refractivity contribution in [1.29, 1.82) is 0 Å². The van der Waals surface area contributed by atoms with E-state index in [9.17, 15) is 13.2 Å². The molecule has 0 aliphatic carbocycles. The van der Waals surface area contributed by atoms with Gasteiger partial charge in [-0.1, -0.05) is 36.4 Å². The predicted octanol–water partition coefficient (Wildman–Crippen LogP) is 3.66. The van der Waals surface area contributed by atoms with Crippen LogP contribution in [-0.4, -0.2) is 24.8 Å². The molecular formula is C22H25N3O4S. The number of rotatable bonds is 6. The van der Waals surface area contributed by atoms with Crippen LogP contribution < -0.4 is 10.0 Å². The molecule has 30 heavy (non-hydrogen) atoms. The van der Waals surface area contributed by atoms with Gasteiger partial charge in [0.2, 0.25) is 15.9 Å². The maximum Gasteiger partial charge on any atom is 0.273 e. The molecule has 0 saturated heterocycles. The first-order valence-corrected chi connectivity index (χ1v) is 11.0. The number of carbonyl (C=O) groups is 1. The van der Waals surface area contributed by atoms with Gasteiger partial charge in [-0.3, -0.25) is 4.79 Å². The highest BCUT2D eigenvalue weighted by Gasteiger charge is 2.25. The minimum Gasteiger partial charge on any atom is -0.441 e. The number of nitrogens with one attached hydrogen (secondary N) is 2. The summed E-state index contributed by atoms with van der Waals surface area (Å²) in [7, 11) is -3.74. The molecule has 0 atom stereocenters. The number of amides is 1. The van der Waals surface area contributed by atoms with Crippen LogP contribution in [0.15, 0.2) is 63.9 Å². The molecule has 0 radical (unpaired) electrons. The number of hydrogen-bond donors (Lipinski definition) is 2. The van der Waals surface area contributed by atoms with E-state index in [0.717, 1.165) is 5.56 Å². The molecule has 158 valence electrons. The van der Waals surface area contributed by atoms with Gasteiger partial charge < -0.3 is 9.73 Å². The second kappa shape index (κ2) is 8.41. The summed E-state index contributed by atoms with van der Waals surface area (Å²) in [6.45, 7) is 7.01. The van der Waals surface area contributed by atoms with E-state index in [1.165, 1.54) is 6.07 Å². The van der Waals surface area contributed by atoms with Crippen molar-refractivity contribution < 1.29 is 17.6 Å². The van der Waals surface area contributed by atoms with Crippen LogP contribution in [0.25, 0.3) is 11.5 Å². The van der Waals surface area contributed by atoms with Crippen molar-refractivity contribution in [2.75, 3.05) is 0 Å². The quantitative estimate of drug-likeness (QED) is 0.625. The van der Waals surface area contributed by atoms with Crippen LogP contribution in [0, 0.1) is 6.92 Å². The lowest BCUT2D eigenvalue weighted by Crippen LogP contribution is -2.41. The lowest BCUT2D eigenvalue weighted by atomic mass is 10.1. The summed E-state index contributed by atoms with van der Waals surface area (Å²) in [6, 6.07) is 15.9. The number of sulfonamides is 1. The fourth-order valence-corrected chi connectivity index (χ4v) is 4.60. The molecule has 3 aromatic rings. The summed E-state index contributed by atoms with van der Waals surface area (Å²) in [5.74, 6) is 0.312. The normalized spacial score (nSPS) is 12.0. The van der Waals surface area contributed by atoms with Crippen molar-refractivity contribution in [3.05, 3.63) is 71.6 Å². The summed E-state index contributed by atoms with van der Waals surface area (Å²) in [4.78, 5) is 17.1. The number of hydrogen-bond acceptors (Lipinski definition) is 5. The molecule has 0 fully saturated rings. The molecule has 0 unspecified atom stereocenters. The third kappa shape index (κ3) is 5.14. The highest BCUT2D eigenvalue weighted by atomic mass is 32.2. The summed E-state index contributed by atoms with van der Waals surface area (Å²) < 4.78 is 33.8. The minimum absolute atomic E-state index is 0.0348. The molecular weight excluding hydrogens is 402 g/mol. The summed E-state index contributed by atoms with van der Waals surface area (Å²) in [5, 5.41) is 2.74. The third-order valence-corrected chi connectivity index (χ3v) is 6.03. The van der Waals surface area contributed by atoms with E-state index in [0.29, 0.717) is 17.2 Å². The van der Waals surface area contributed by atoms with Gasteiger partial charge in [-0.25, -0.2) is 18.1 Å². The van der Waals surface area contributed by atoms with Crippen LogP contribution >= 0.6 is 0 Å². The molecule has 1 heterocycles. The van der Waals surface area contributed by atoms with Gasteiger partial charge in [-0.05, 0) is 51.5 Å². The average molecular weight is 428 g/mol. The van der Waals surface area contributed by atoms with Gasteiger partial charge in [0.25, 0.3) is 5.91 Å². The highest BCUT2D eigenvalue weighted by Crippen LogP contribution is 2.22. The Hall–Kier alpha value is -2.97. The lowest BCUT2D eigenvalue weighted by Gasteiger charge is -2.21. The van der Waals surface area contributed by atoms with Crippen molar-refractivity contribution in [2.24, 2.45) is 0 Å². The van der Waals surface area contributed by atoms with Crippen LogP contribution in [-0.2, 0) is 16.6 Å². The minimum atomic E-state index is -3.74. The van der Waals surface area contributed by atoms with Gasteiger partial charge in [0, 0.05) is 17.6 Å². The molecule has 0 saturated carbocycles. The Kier molecular flexibility index (Phi) is 6.09. The van der Waals surface area contributed by atoms with Gasteiger partial charge >= 0.3 is 0 Å². The van der Waals surface area contributed by atoms with Crippen LogP contribution in [0.3, 0.4) is 0 Å². The molecule has 3 rings (SSSR count). The summed E-state index contributed by atoms with van der Waals surface area (Å²) in [6.07, 6.45) is 0. The van der Waals surface area contributed by atoms with Gasteiger partial charge in [0.15, 0.2) is 5.69 Å². The zero-order chi connectivity index (χ0) is 21.9. The Morgan fingerprint density at radius 3 is 2.33 bits per heavy atom. The van der Waals surface area contributed by atoms with E-state index in [4.69, 9.17) is 4.42 Å². The van der Waals surface area contributed by atoms with Crippen molar-refractivity contribution >= 4 is 15.9 Å². The monoisotopic (exact) mass is 427 g/mol. The molecule has 2 N–H and O–H groups in total. The first-order chi connectivity index (χ1) is 14.1. The zero-order valence-corrected chi connectivity index (χ0v) is 18.2.